The van der Waals surface area contributed by atoms with Gasteiger partial charge in [-0.1, -0.05) is 36.8 Å². The minimum absolute atomic E-state index is 0.0264. The summed E-state index contributed by atoms with van der Waals surface area (Å²) in [6.45, 7) is 0.789. The Morgan fingerprint density at radius 2 is 1.72 bits per heavy atom. The molecule has 0 spiro atoms. The summed E-state index contributed by atoms with van der Waals surface area (Å²) in [5.41, 5.74) is 1.12. The molecule has 0 radical (unpaired) electrons. The number of sulfonamides is 1. The SMILES string of the molecule is O=S(=O)(Cc1ccccc1F)N1CCCCC(c2ccc(F)cc2)C1. The first-order valence-corrected chi connectivity index (χ1v) is 10.0. The van der Waals surface area contributed by atoms with E-state index in [1.54, 1.807) is 24.3 Å². The lowest BCUT2D eigenvalue weighted by atomic mass is 9.95. The number of halogens is 2. The van der Waals surface area contributed by atoms with Gasteiger partial charge in [0, 0.05) is 18.7 Å². The molecule has 0 N–H and O–H groups in total. The topological polar surface area (TPSA) is 37.4 Å². The summed E-state index contributed by atoms with van der Waals surface area (Å²) in [5.74, 6) is -1.12. The molecule has 1 atom stereocenters. The third-order valence-corrected chi connectivity index (χ3v) is 6.46. The number of hydrogen-bond donors (Lipinski definition) is 0. The molecule has 1 heterocycles. The molecule has 0 aliphatic carbocycles. The largest absolute Gasteiger partial charge is 0.218 e. The Balaban J connectivity index is 1.80. The maximum atomic E-state index is 13.8. The highest BCUT2D eigenvalue weighted by Crippen LogP contribution is 2.29. The second-order valence-electron chi connectivity index (χ2n) is 6.45. The van der Waals surface area contributed by atoms with Gasteiger partial charge >= 0.3 is 0 Å². The Labute approximate surface area is 147 Å². The smallest absolute Gasteiger partial charge is 0.212 e. The summed E-state index contributed by atoms with van der Waals surface area (Å²) >= 11 is 0. The number of benzene rings is 2. The van der Waals surface area contributed by atoms with Gasteiger partial charge in [0.15, 0.2) is 0 Å². The molecule has 1 fully saturated rings. The summed E-state index contributed by atoms with van der Waals surface area (Å²) in [6.07, 6.45) is 2.54. The molecule has 1 aliphatic rings. The van der Waals surface area contributed by atoms with Crippen molar-refractivity contribution in [3.05, 3.63) is 71.3 Å². The fourth-order valence-corrected chi connectivity index (χ4v) is 4.89. The molecule has 1 unspecified atom stereocenters. The van der Waals surface area contributed by atoms with Gasteiger partial charge in [0.1, 0.15) is 11.6 Å². The normalized spacial score (nSPS) is 19.5. The third-order valence-electron chi connectivity index (χ3n) is 4.66. The first-order chi connectivity index (χ1) is 12.0. The lowest BCUT2D eigenvalue weighted by Gasteiger charge is -2.24. The van der Waals surface area contributed by atoms with Crippen LogP contribution in [-0.2, 0) is 15.8 Å². The minimum Gasteiger partial charge on any atom is -0.212 e. The van der Waals surface area contributed by atoms with Crippen LogP contribution in [0.5, 0.6) is 0 Å². The van der Waals surface area contributed by atoms with Crippen molar-refractivity contribution in [2.75, 3.05) is 13.1 Å². The van der Waals surface area contributed by atoms with Crippen LogP contribution in [0.15, 0.2) is 48.5 Å². The average molecular weight is 365 g/mol. The zero-order valence-electron chi connectivity index (χ0n) is 13.9. The Bertz CT molecular complexity index is 822. The van der Waals surface area contributed by atoms with Gasteiger partial charge < -0.3 is 0 Å². The van der Waals surface area contributed by atoms with Gasteiger partial charge in [-0.25, -0.2) is 21.5 Å². The molecule has 0 bridgehead atoms. The molecule has 0 saturated carbocycles. The van der Waals surface area contributed by atoms with Gasteiger partial charge in [0.2, 0.25) is 10.0 Å². The maximum absolute atomic E-state index is 13.8. The summed E-state index contributed by atoms with van der Waals surface area (Å²) in [5, 5.41) is 0. The van der Waals surface area contributed by atoms with Crippen molar-refractivity contribution < 1.29 is 17.2 Å². The van der Waals surface area contributed by atoms with Gasteiger partial charge in [0.25, 0.3) is 0 Å². The van der Waals surface area contributed by atoms with Crippen molar-refractivity contribution in [1.82, 2.24) is 4.31 Å². The summed E-state index contributed by atoms with van der Waals surface area (Å²) in [4.78, 5) is 0. The summed E-state index contributed by atoms with van der Waals surface area (Å²) in [7, 11) is -3.61. The van der Waals surface area contributed by atoms with E-state index in [0.29, 0.717) is 13.1 Å². The minimum atomic E-state index is -3.61. The Morgan fingerprint density at radius 1 is 1.00 bits per heavy atom. The molecule has 0 amide bonds. The summed E-state index contributed by atoms with van der Waals surface area (Å²) < 4.78 is 54.0. The molecule has 2 aromatic rings. The zero-order valence-corrected chi connectivity index (χ0v) is 14.7. The highest BCUT2D eigenvalue weighted by Gasteiger charge is 2.29. The van der Waals surface area contributed by atoms with Crippen LogP contribution >= 0.6 is 0 Å². The average Bonchev–Trinajstić information content (AvgIpc) is 2.84. The fraction of sp³-hybridized carbons (Fsp3) is 0.368. The van der Waals surface area contributed by atoms with E-state index in [-0.39, 0.29) is 23.1 Å². The molecule has 6 heteroatoms. The van der Waals surface area contributed by atoms with Crippen molar-refractivity contribution in [3.63, 3.8) is 0 Å². The molecule has 134 valence electrons. The monoisotopic (exact) mass is 365 g/mol. The highest BCUT2D eigenvalue weighted by molar-refractivity contribution is 7.88. The van der Waals surface area contributed by atoms with Crippen LogP contribution in [-0.4, -0.2) is 25.8 Å². The van der Waals surface area contributed by atoms with Crippen molar-refractivity contribution >= 4 is 10.0 Å². The first-order valence-electron chi connectivity index (χ1n) is 8.42. The van der Waals surface area contributed by atoms with Crippen molar-refractivity contribution in [1.29, 1.82) is 0 Å². The lowest BCUT2D eigenvalue weighted by Crippen LogP contribution is -2.35. The zero-order chi connectivity index (χ0) is 17.9. The van der Waals surface area contributed by atoms with E-state index in [1.807, 2.05) is 0 Å². The Hall–Kier alpha value is -1.79. The predicted octanol–water partition coefficient (Wildman–Crippen LogP) is 4.06. The maximum Gasteiger partial charge on any atom is 0.218 e. The molecule has 2 aromatic carbocycles. The fourth-order valence-electron chi connectivity index (χ4n) is 3.27. The van der Waals surface area contributed by atoms with E-state index in [4.69, 9.17) is 0 Å². The van der Waals surface area contributed by atoms with Crippen LogP contribution < -0.4 is 0 Å². The van der Waals surface area contributed by atoms with Crippen LogP contribution in [0.3, 0.4) is 0 Å². The number of nitrogens with zero attached hydrogens (tertiary/aromatic N) is 1. The molecular weight excluding hydrogens is 344 g/mol. The summed E-state index contributed by atoms with van der Waals surface area (Å²) in [6, 6.07) is 12.2. The first kappa shape index (κ1) is 18.0. The number of rotatable bonds is 4. The van der Waals surface area contributed by atoms with E-state index in [1.165, 1.54) is 28.6 Å². The van der Waals surface area contributed by atoms with Crippen molar-refractivity contribution in [2.24, 2.45) is 0 Å². The molecule has 25 heavy (non-hydrogen) atoms. The van der Waals surface area contributed by atoms with Gasteiger partial charge in [-0.3, -0.25) is 0 Å². The quantitative estimate of drug-likeness (QED) is 0.819. The lowest BCUT2D eigenvalue weighted by molar-refractivity contribution is 0.405. The highest BCUT2D eigenvalue weighted by atomic mass is 32.2. The standard InChI is InChI=1S/C19H21F2NO2S/c20-18-10-8-15(9-11-18)16-5-3-4-12-22(13-16)25(23,24)14-17-6-1-2-7-19(17)21/h1-2,6-11,16H,3-5,12-14H2. The van der Waals surface area contributed by atoms with Gasteiger partial charge in [-0.2, -0.15) is 0 Å². The second-order valence-corrected chi connectivity index (χ2v) is 8.42. The second kappa shape index (κ2) is 7.62. The van der Waals surface area contributed by atoms with Crippen LogP contribution in [0, 0.1) is 11.6 Å². The van der Waals surface area contributed by atoms with E-state index in [0.717, 1.165) is 24.8 Å². The molecule has 3 nitrogen and oxygen atoms in total. The van der Waals surface area contributed by atoms with Crippen molar-refractivity contribution in [2.45, 2.75) is 30.9 Å². The Kier molecular flexibility index (Phi) is 5.49. The van der Waals surface area contributed by atoms with Crippen LogP contribution in [0.4, 0.5) is 8.78 Å². The van der Waals surface area contributed by atoms with Gasteiger partial charge in [-0.15, -0.1) is 0 Å². The molecule has 1 saturated heterocycles. The molecule has 3 rings (SSSR count). The van der Waals surface area contributed by atoms with E-state index >= 15 is 0 Å². The van der Waals surface area contributed by atoms with E-state index < -0.39 is 15.8 Å². The predicted molar refractivity (Wildman–Crippen MR) is 93.6 cm³/mol. The van der Waals surface area contributed by atoms with Gasteiger partial charge in [0.05, 0.1) is 5.75 Å². The van der Waals surface area contributed by atoms with Crippen LogP contribution in [0.25, 0.3) is 0 Å². The van der Waals surface area contributed by atoms with Crippen molar-refractivity contribution in [3.8, 4) is 0 Å². The van der Waals surface area contributed by atoms with Gasteiger partial charge in [-0.05, 0) is 42.5 Å². The van der Waals surface area contributed by atoms with E-state index in [2.05, 4.69) is 0 Å². The molecule has 1 aliphatic heterocycles. The molecule has 0 aromatic heterocycles. The number of hydrogen-bond acceptors (Lipinski definition) is 2. The third kappa shape index (κ3) is 4.44. The van der Waals surface area contributed by atoms with Crippen LogP contribution in [0.2, 0.25) is 0 Å². The van der Waals surface area contributed by atoms with Crippen LogP contribution in [0.1, 0.15) is 36.3 Å². The van der Waals surface area contributed by atoms with E-state index in [9.17, 15) is 17.2 Å². The molecular formula is C19H21F2NO2S. The Morgan fingerprint density at radius 3 is 2.44 bits per heavy atom.